The van der Waals surface area contributed by atoms with Crippen molar-refractivity contribution >= 4 is 23.2 Å². The molecule has 0 saturated carbocycles. The molecule has 2 amide bonds. The molecule has 26 heavy (non-hydrogen) atoms. The molecule has 2 aromatic carbocycles. The molecule has 0 saturated heterocycles. The van der Waals surface area contributed by atoms with Crippen LogP contribution in [0.3, 0.4) is 0 Å². The van der Waals surface area contributed by atoms with E-state index in [1.807, 2.05) is 13.8 Å². The van der Waals surface area contributed by atoms with Gasteiger partial charge in [0.2, 0.25) is 0 Å². The third kappa shape index (κ3) is 4.89. The van der Waals surface area contributed by atoms with E-state index in [4.69, 9.17) is 9.47 Å². The van der Waals surface area contributed by atoms with E-state index < -0.39 is 11.8 Å². The summed E-state index contributed by atoms with van der Waals surface area (Å²) in [6, 6.07) is 9.60. The highest BCUT2D eigenvalue weighted by Crippen LogP contribution is 2.30. The number of phenols is 1. The molecule has 0 aliphatic carbocycles. The molecule has 0 unspecified atom stereocenters. The normalized spacial score (nSPS) is 10.1. The van der Waals surface area contributed by atoms with Crippen LogP contribution in [0.4, 0.5) is 11.4 Å². The number of aromatic hydroxyl groups is 1. The number of carbonyl (C=O) groups excluding carboxylic acids is 2. The molecule has 7 heteroatoms. The lowest BCUT2D eigenvalue weighted by Gasteiger charge is -2.13. The Morgan fingerprint density at radius 3 is 2.23 bits per heavy atom. The van der Waals surface area contributed by atoms with Gasteiger partial charge in [-0.3, -0.25) is 9.59 Å². The zero-order valence-electron chi connectivity index (χ0n) is 15.0. The minimum absolute atomic E-state index is 0.106. The van der Waals surface area contributed by atoms with Crippen molar-refractivity contribution in [2.45, 2.75) is 20.8 Å². The highest BCUT2D eigenvalue weighted by atomic mass is 16.5. The van der Waals surface area contributed by atoms with Crippen LogP contribution in [-0.2, 0) is 9.59 Å². The molecule has 0 spiro atoms. The molecule has 138 valence electrons. The van der Waals surface area contributed by atoms with E-state index in [-0.39, 0.29) is 11.4 Å². The molecule has 2 rings (SSSR count). The van der Waals surface area contributed by atoms with Gasteiger partial charge in [-0.25, -0.2) is 0 Å². The number of phenolic OH excluding ortho intramolecular Hbond substituents is 1. The van der Waals surface area contributed by atoms with Gasteiger partial charge in [0.1, 0.15) is 5.75 Å². The van der Waals surface area contributed by atoms with E-state index in [0.29, 0.717) is 30.4 Å². The minimum atomic E-state index is -0.893. The van der Waals surface area contributed by atoms with Crippen molar-refractivity contribution < 1.29 is 24.2 Å². The number of amides is 2. The predicted molar refractivity (Wildman–Crippen MR) is 98.9 cm³/mol. The zero-order chi connectivity index (χ0) is 19.1. The minimum Gasteiger partial charge on any atom is -0.506 e. The van der Waals surface area contributed by atoms with Crippen molar-refractivity contribution in [1.29, 1.82) is 0 Å². The number of nitrogens with one attached hydrogen (secondary N) is 2. The monoisotopic (exact) mass is 358 g/mol. The lowest BCUT2D eigenvalue weighted by atomic mass is 10.2. The Kier molecular flexibility index (Phi) is 6.43. The largest absolute Gasteiger partial charge is 0.506 e. The smallest absolute Gasteiger partial charge is 0.314 e. The lowest BCUT2D eigenvalue weighted by Crippen LogP contribution is -2.29. The van der Waals surface area contributed by atoms with Gasteiger partial charge in [0, 0.05) is 11.8 Å². The molecule has 0 fully saturated rings. The Balaban J connectivity index is 2.08. The Hall–Kier alpha value is -3.22. The summed E-state index contributed by atoms with van der Waals surface area (Å²) in [6.45, 7) is 6.41. The molecule has 0 aliphatic rings. The summed E-state index contributed by atoms with van der Waals surface area (Å²) in [5, 5.41) is 14.7. The second kappa shape index (κ2) is 8.75. The predicted octanol–water partition coefficient (Wildman–Crippen LogP) is 3.08. The van der Waals surface area contributed by atoms with Crippen LogP contribution < -0.4 is 20.1 Å². The van der Waals surface area contributed by atoms with Crippen LogP contribution in [0.15, 0.2) is 36.4 Å². The fourth-order valence-electron chi connectivity index (χ4n) is 2.24. The topological polar surface area (TPSA) is 96.9 Å². The number of hydrogen-bond acceptors (Lipinski definition) is 5. The van der Waals surface area contributed by atoms with Gasteiger partial charge in [-0.1, -0.05) is 6.07 Å². The molecule has 0 heterocycles. The number of ether oxygens (including phenoxy) is 2. The van der Waals surface area contributed by atoms with E-state index in [9.17, 15) is 14.7 Å². The third-order valence-electron chi connectivity index (χ3n) is 3.41. The number of carbonyl (C=O) groups is 2. The van der Waals surface area contributed by atoms with Crippen LogP contribution in [0.2, 0.25) is 0 Å². The Bertz CT molecular complexity index is 805. The molecule has 7 nitrogen and oxygen atoms in total. The second-order valence-electron chi connectivity index (χ2n) is 5.46. The molecule has 3 N–H and O–H groups in total. The standard InChI is InChI=1S/C19H22N2O5/c1-4-25-16-9-7-13(11-17(16)26-5-2)20-18(23)19(24)21-14-8-6-12(3)10-15(14)22/h6-11,22H,4-5H2,1-3H3,(H,20,23)(H,21,24). The van der Waals surface area contributed by atoms with Crippen molar-refractivity contribution in [2.24, 2.45) is 0 Å². The summed E-state index contributed by atoms with van der Waals surface area (Å²) < 4.78 is 10.9. The van der Waals surface area contributed by atoms with Crippen LogP contribution in [0.25, 0.3) is 0 Å². The number of benzene rings is 2. The molecular weight excluding hydrogens is 336 g/mol. The number of aryl methyl sites for hydroxylation is 1. The highest BCUT2D eigenvalue weighted by Gasteiger charge is 2.17. The SMILES string of the molecule is CCOc1ccc(NC(=O)C(=O)Nc2ccc(C)cc2O)cc1OCC. The van der Waals surface area contributed by atoms with Crippen molar-refractivity contribution in [3.05, 3.63) is 42.0 Å². The first-order chi connectivity index (χ1) is 12.4. The van der Waals surface area contributed by atoms with Gasteiger partial charge in [-0.15, -0.1) is 0 Å². The van der Waals surface area contributed by atoms with Crippen molar-refractivity contribution in [3.8, 4) is 17.2 Å². The lowest BCUT2D eigenvalue weighted by molar-refractivity contribution is -0.133. The van der Waals surface area contributed by atoms with Crippen LogP contribution in [-0.4, -0.2) is 30.1 Å². The van der Waals surface area contributed by atoms with Crippen molar-refractivity contribution in [1.82, 2.24) is 0 Å². The average Bonchev–Trinajstić information content (AvgIpc) is 2.60. The summed E-state index contributed by atoms with van der Waals surface area (Å²) in [5.41, 5.74) is 1.39. The van der Waals surface area contributed by atoms with Crippen LogP contribution in [0.5, 0.6) is 17.2 Å². The van der Waals surface area contributed by atoms with Gasteiger partial charge in [0.25, 0.3) is 0 Å². The zero-order valence-corrected chi connectivity index (χ0v) is 15.0. The second-order valence-corrected chi connectivity index (χ2v) is 5.46. The fourth-order valence-corrected chi connectivity index (χ4v) is 2.24. The maximum atomic E-state index is 12.1. The molecule has 0 bridgehead atoms. The van der Waals surface area contributed by atoms with Gasteiger partial charge < -0.3 is 25.2 Å². The fraction of sp³-hybridized carbons (Fsp3) is 0.263. The van der Waals surface area contributed by atoms with E-state index >= 15 is 0 Å². The van der Waals surface area contributed by atoms with Crippen molar-refractivity contribution in [2.75, 3.05) is 23.8 Å². The van der Waals surface area contributed by atoms with Gasteiger partial charge in [0.05, 0.1) is 18.9 Å². The van der Waals surface area contributed by atoms with Gasteiger partial charge in [-0.2, -0.15) is 0 Å². The van der Waals surface area contributed by atoms with Crippen LogP contribution in [0, 0.1) is 6.92 Å². The maximum absolute atomic E-state index is 12.1. The first-order valence-electron chi connectivity index (χ1n) is 8.26. The molecular formula is C19H22N2O5. The quantitative estimate of drug-likeness (QED) is 0.545. The Morgan fingerprint density at radius 1 is 0.923 bits per heavy atom. The Labute approximate surface area is 151 Å². The summed E-state index contributed by atoms with van der Waals surface area (Å²) in [5.74, 6) is -0.830. The third-order valence-corrected chi connectivity index (χ3v) is 3.41. The van der Waals surface area contributed by atoms with Crippen LogP contribution in [0.1, 0.15) is 19.4 Å². The number of hydrogen-bond donors (Lipinski definition) is 3. The number of rotatable bonds is 6. The molecule has 0 radical (unpaired) electrons. The molecule has 0 atom stereocenters. The highest BCUT2D eigenvalue weighted by molar-refractivity contribution is 6.43. The van der Waals surface area contributed by atoms with Crippen LogP contribution >= 0.6 is 0 Å². The molecule has 0 aliphatic heterocycles. The van der Waals surface area contributed by atoms with E-state index in [1.165, 1.54) is 12.1 Å². The van der Waals surface area contributed by atoms with E-state index in [2.05, 4.69) is 10.6 Å². The summed E-state index contributed by atoms with van der Waals surface area (Å²) >= 11 is 0. The summed E-state index contributed by atoms with van der Waals surface area (Å²) in [7, 11) is 0. The maximum Gasteiger partial charge on any atom is 0.314 e. The summed E-state index contributed by atoms with van der Waals surface area (Å²) in [4.78, 5) is 24.1. The first kappa shape index (κ1) is 19.1. The Morgan fingerprint density at radius 2 is 1.58 bits per heavy atom. The number of anilines is 2. The van der Waals surface area contributed by atoms with E-state index in [0.717, 1.165) is 5.56 Å². The molecule has 2 aromatic rings. The summed E-state index contributed by atoms with van der Waals surface area (Å²) in [6.07, 6.45) is 0. The van der Waals surface area contributed by atoms with Gasteiger partial charge in [0.15, 0.2) is 11.5 Å². The molecule has 0 aromatic heterocycles. The van der Waals surface area contributed by atoms with E-state index in [1.54, 1.807) is 31.2 Å². The first-order valence-corrected chi connectivity index (χ1v) is 8.26. The van der Waals surface area contributed by atoms with Gasteiger partial charge >= 0.3 is 11.8 Å². The van der Waals surface area contributed by atoms with Crippen molar-refractivity contribution in [3.63, 3.8) is 0 Å². The average molecular weight is 358 g/mol. The van der Waals surface area contributed by atoms with Gasteiger partial charge in [-0.05, 0) is 50.6 Å².